The Kier molecular flexibility index (Phi) is 3.01. The van der Waals surface area contributed by atoms with Gasteiger partial charge in [-0.25, -0.2) is 0 Å². The maximum Gasteiger partial charge on any atom is 0.242 e. The fraction of sp³-hybridized carbons (Fsp3) is 0.0833. The fourth-order valence-corrected chi connectivity index (χ4v) is 2.20. The van der Waals surface area contributed by atoms with Crippen molar-refractivity contribution in [3.63, 3.8) is 0 Å². The van der Waals surface area contributed by atoms with Crippen LogP contribution >= 0.6 is 11.3 Å². The average Bonchev–Trinajstić information content (AvgIpc) is 3.09. The van der Waals surface area contributed by atoms with Crippen LogP contribution in [0.4, 0.5) is 5.95 Å². The molecule has 0 aliphatic heterocycles. The van der Waals surface area contributed by atoms with Gasteiger partial charge in [-0.2, -0.15) is 4.98 Å². The molecule has 6 heteroatoms. The van der Waals surface area contributed by atoms with Crippen LogP contribution in [0.2, 0.25) is 0 Å². The van der Waals surface area contributed by atoms with E-state index in [1.807, 2.05) is 18.2 Å². The Labute approximate surface area is 108 Å². The Balaban J connectivity index is 1.70. The zero-order chi connectivity index (χ0) is 12.2. The van der Waals surface area contributed by atoms with Crippen LogP contribution in [-0.2, 0) is 6.54 Å². The van der Waals surface area contributed by atoms with E-state index >= 15 is 0 Å². The van der Waals surface area contributed by atoms with Crippen LogP contribution in [0.3, 0.4) is 0 Å². The SMILES string of the molecule is c1cncc(-c2nc(NCc3cccs3)n[nH]2)c1. The van der Waals surface area contributed by atoms with Crippen molar-refractivity contribution >= 4 is 17.3 Å². The lowest BCUT2D eigenvalue weighted by Crippen LogP contribution is -1.98. The molecule has 0 aliphatic carbocycles. The first kappa shape index (κ1) is 10.9. The van der Waals surface area contributed by atoms with E-state index in [0.717, 1.165) is 17.9 Å². The summed E-state index contributed by atoms with van der Waals surface area (Å²) in [4.78, 5) is 9.67. The van der Waals surface area contributed by atoms with Gasteiger partial charge in [0.1, 0.15) is 0 Å². The molecule has 3 heterocycles. The standard InChI is InChI=1S/C12H11N5S/c1-3-9(7-13-5-1)11-15-12(17-16-11)14-8-10-4-2-6-18-10/h1-7H,8H2,(H2,14,15,16,17). The van der Waals surface area contributed by atoms with Gasteiger partial charge in [-0.15, -0.1) is 16.4 Å². The fourth-order valence-electron chi connectivity index (χ4n) is 1.55. The average molecular weight is 257 g/mol. The highest BCUT2D eigenvalue weighted by molar-refractivity contribution is 7.09. The number of hydrogen-bond donors (Lipinski definition) is 2. The molecule has 0 aliphatic rings. The molecule has 0 spiro atoms. The van der Waals surface area contributed by atoms with Crippen molar-refractivity contribution in [3.05, 3.63) is 46.9 Å². The first-order valence-electron chi connectivity index (χ1n) is 5.51. The number of nitrogens with zero attached hydrogens (tertiary/aromatic N) is 3. The second-order valence-corrected chi connectivity index (χ2v) is 4.71. The maximum atomic E-state index is 4.37. The number of nitrogens with one attached hydrogen (secondary N) is 2. The van der Waals surface area contributed by atoms with Gasteiger partial charge in [-0.1, -0.05) is 6.07 Å². The van der Waals surface area contributed by atoms with Gasteiger partial charge >= 0.3 is 0 Å². The van der Waals surface area contributed by atoms with Gasteiger partial charge in [0.15, 0.2) is 5.82 Å². The molecule has 0 bridgehead atoms. The molecule has 5 nitrogen and oxygen atoms in total. The quantitative estimate of drug-likeness (QED) is 0.753. The summed E-state index contributed by atoms with van der Waals surface area (Å²) < 4.78 is 0. The summed E-state index contributed by atoms with van der Waals surface area (Å²) in [7, 11) is 0. The minimum absolute atomic E-state index is 0.599. The van der Waals surface area contributed by atoms with Crippen molar-refractivity contribution in [2.45, 2.75) is 6.54 Å². The van der Waals surface area contributed by atoms with Gasteiger partial charge in [0.2, 0.25) is 5.95 Å². The number of thiophene rings is 1. The molecule has 3 aromatic heterocycles. The van der Waals surface area contributed by atoms with E-state index in [-0.39, 0.29) is 0 Å². The van der Waals surface area contributed by atoms with Crippen LogP contribution in [0.1, 0.15) is 4.88 Å². The molecule has 0 fully saturated rings. The third-order valence-electron chi connectivity index (χ3n) is 2.42. The number of pyridine rings is 1. The summed E-state index contributed by atoms with van der Waals surface area (Å²) in [5.74, 6) is 1.32. The van der Waals surface area contributed by atoms with E-state index in [2.05, 4.69) is 36.9 Å². The van der Waals surface area contributed by atoms with Gasteiger partial charge in [-0.3, -0.25) is 10.1 Å². The maximum absolute atomic E-state index is 4.37. The normalized spacial score (nSPS) is 10.4. The monoisotopic (exact) mass is 257 g/mol. The third-order valence-corrected chi connectivity index (χ3v) is 3.30. The lowest BCUT2D eigenvalue weighted by Gasteiger charge is -1.97. The van der Waals surface area contributed by atoms with Crippen molar-refractivity contribution in [3.8, 4) is 11.4 Å². The van der Waals surface area contributed by atoms with Gasteiger partial charge in [0, 0.05) is 22.8 Å². The van der Waals surface area contributed by atoms with E-state index in [0.29, 0.717) is 5.95 Å². The molecule has 0 saturated carbocycles. The van der Waals surface area contributed by atoms with Crippen molar-refractivity contribution in [1.29, 1.82) is 0 Å². The number of aromatic nitrogens is 4. The van der Waals surface area contributed by atoms with Crippen molar-refractivity contribution in [2.75, 3.05) is 5.32 Å². The van der Waals surface area contributed by atoms with Crippen LogP contribution in [0.5, 0.6) is 0 Å². The predicted octanol–water partition coefficient (Wildman–Crippen LogP) is 2.54. The molecule has 18 heavy (non-hydrogen) atoms. The van der Waals surface area contributed by atoms with Gasteiger partial charge in [0.25, 0.3) is 0 Å². The molecule has 0 aromatic carbocycles. The molecule has 2 N–H and O–H groups in total. The molecular weight excluding hydrogens is 246 g/mol. The molecule has 3 aromatic rings. The summed E-state index contributed by atoms with van der Waals surface area (Å²) in [5.41, 5.74) is 0.925. The summed E-state index contributed by atoms with van der Waals surface area (Å²) in [6.07, 6.45) is 3.49. The molecule has 0 unspecified atom stereocenters. The molecule has 3 rings (SSSR count). The van der Waals surface area contributed by atoms with Crippen LogP contribution < -0.4 is 5.32 Å². The summed E-state index contributed by atoms with van der Waals surface area (Å²) in [6.45, 7) is 0.738. The highest BCUT2D eigenvalue weighted by Crippen LogP contribution is 2.15. The van der Waals surface area contributed by atoms with E-state index in [4.69, 9.17) is 0 Å². The molecule has 0 atom stereocenters. The second kappa shape index (κ2) is 4.97. The Morgan fingerprint density at radius 1 is 1.28 bits per heavy atom. The summed E-state index contributed by atoms with van der Waals surface area (Å²) >= 11 is 1.71. The zero-order valence-corrected chi connectivity index (χ0v) is 10.3. The van der Waals surface area contributed by atoms with Gasteiger partial charge < -0.3 is 5.32 Å². The van der Waals surface area contributed by atoms with Crippen molar-refractivity contribution < 1.29 is 0 Å². The van der Waals surface area contributed by atoms with E-state index in [1.54, 1.807) is 23.7 Å². The topological polar surface area (TPSA) is 66.5 Å². The number of rotatable bonds is 4. The Hall–Kier alpha value is -2.21. The van der Waals surface area contributed by atoms with E-state index in [9.17, 15) is 0 Å². The summed E-state index contributed by atoms with van der Waals surface area (Å²) in [6, 6.07) is 7.92. The molecule has 0 radical (unpaired) electrons. The highest BCUT2D eigenvalue weighted by atomic mass is 32.1. The second-order valence-electron chi connectivity index (χ2n) is 3.68. The van der Waals surface area contributed by atoms with Gasteiger partial charge in [-0.05, 0) is 23.6 Å². The largest absolute Gasteiger partial charge is 0.348 e. The molecule has 0 amide bonds. The van der Waals surface area contributed by atoms with Crippen LogP contribution in [-0.4, -0.2) is 20.2 Å². The lowest BCUT2D eigenvalue weighted by atomic mass is 10.3. The highest BCUT2D eigenvalue weighted by Gasteiger charge is 2.05. The number of H-pyrrole nitrogens is 1. The smallest absolute Gasteiger partial charge is 0.242 e. The van der Waals surface area contributed by atoms with Crippen LogP contribution in [0, 0.1) is 0 Å². The van der Waals surface area contributed by atoms with E-state index < -0.39 is 0 Å². The van der Waals surface area contributed by atoms with Crippen molar-refractivity contribution in [1.82, 2.24) is 20.2 Å². The molecule has 90 valence electrons. The third kappa shape index (κ3) is 2.38. The number of aromatic amines is 1. The zero-order valence-electron chi connectivity index (χ0n) is 9.50. The molecular formula is C12H11N5S. The van der Waals surface area contributed by atoms with Crippen LogP contribution in [0.15, 0.2) is 42.0 Å². The van der Waals surface area contributed by atoms with Crippen molar-refractivity contribution in [2.24, 2.45) is 0 Å². The Morgan fingerprint density at radius 2 is 2.28 bits per heavy atom. The minimum Gasteiger partial charge on any atom is -0.348 e. The first-order chi connectivity index (χ1) is 8.92. The van der Waals surface area contributed by atoms with Gasteiger partial charge in [0.05, 0.1) is 6.54 Å². The number of hydrogen-bond acceptors (Lipinski definition) is 5. The summed E-state index contributed by atoms with van der Waals surface area (Å²) in [5, 5.41) is 12.2. The van der Waals surface area contributed by atoms with Crippen LogP contribution in [0.25, 0.3) is 11.4 Å². The Bertz CT molecular complexity index is 602. The molecule has 0 saturated heterocycles. The van der Waals surface area contributed by atoms with E-state index in [1.165, 1.54) is 4.88 Å². The number of anilines is 1. The lowest BCUT2D eigenvalue weighted by molar-refractivity contribution is 1.06. The Morgan fingerprint density at radius 3 is 3.06 bits per heavy atom. The predicted molar refractivity (Wildman–Crippen MR) is 71.3 cm³/mol. The first-order valence-corrected chi connectivity index (χ1v) is 6.39. The minimum atomic E-state index is 0.599.